The van der Waals surface area contributed by atoms with Crippen LogP contribution in [0, 0.1) is 0 Å². The molecule has 2 unspecified atom stereocenters. The summed E-state index contributed by atoms with van der Waals surface area (Å²) in [6.45, 7) is 4.98. The van der Waals surface area contributed by atoms with Gasteiger partial charge < -0.3 is 20.3 Å². The van der Waals surface area contributed by atoms with E-state index >= 15 is 0 Å². The molecule has 0 aromatic heterocycles. The highest BCUT2D eigenvalue weighted by Gasteiger charge is 2.20. The molecule has 6 heteroatoms. The molecule has 0 heterocycles. The Morgan fingerprint density at radius 2 is 0.612 bits per heavy atom. The largest absolute Gasteiger partial charge is 0.466 e. The van der Waals surface area contributed by atoms with Crippen molar-refractivity contribution in [2.24, 2.45) is 0 Å². The van der Waals surface area contributed by atoms with Gasteiger partial charge in [0, 0.05) is 12.8 Å². The number of esters is 1. The van der Waals surface area contributed by atoms with Crippen LogP contribution in [0.1, 0.15) is 354 Å². The van der Waals surface area contributed by atoms with E-state index < -0.39 is 12.1 Å². The molecule has 0 aliphatic carbocycles. The first-order valence-electron chi connectivity index (χ1n) is 30.8. The zero-order chi connectivity index (χ0) is 48.6. The van der Waals surface area contributed by atoms with E-state index in [1.165, 1.54) is 283 Å². The molecule has 0 saturated carbocycles. The summed E-state index contributed by atoms with van der Waals surface area (Å²) in [5.41, 5.74) is 0. The number of carbonyl (C=O) groups excluding carboxylic acids is 2. The fraction of sp³-hybridized carbons (Fsp3) is 0.967. The predicted octanol–water partition coefficient (Wildman–Crippen LogP) is 19.1. The third kappa shape index (κ3) is 54.0. The van der Waals surface area contributed by atoms with Gasteiger partial charge in [0.25, 0.3) is 0 Å². The van der Waals surface area contributed by atoms with Crippen molar-refractivity contribution >= 4 is 11.9 Å². The molecule has 0 spiro atoms. The highest BCUT2D eigenvalue weighted by Crippen LogP contribution is 2.18. The maximum Gasteiger partial charge on any atom is 0.305 e. The Balaban J connectivity index is 3.36. The number of carbonyl (C=O) groups is 2. The lowest BCUT2D eigenvalue weighted by Crippen LogP contribution is -2.45. The van der Waals surface area contributed by atoms with Crippen molar-refractivity contribution < 1.29 is 24.5 Å². The molecule has 400 valence electrons. The van der Waals surface area contributed by atoms with Gasteiger partial charge in [0.15, 0.2) is 0 Å². The van der Waals surface area contributed by atoms with Crippen LogP contribution in [0.4, 0.5) is 0 Å². The van der Waals surface area contributed by atoms with Gasteiger partial charge in [-0.3, -0.25) is 9.59 Å². The third-order valence-corrected chi connectivity index (χ3v) is 14.7. The summed E-state index contributed by atoms with van der Waals surface area (Å²) >= 11 is 0. The minimum absolute atomic E-state index is 0.0158. The van der Waals surface area contributed by atoms with E-state index in [1.807, 2.05) is 0 Å². The summed E-state index contributed by atoms with van der Waals surface area (Å²) < 4.78 is 5.48. The van der Waals surface area contributed by atoms with Crippen molar-refractivity contribution in [3.05, 3.63) is 0 Å². The molecule has 0 saturated heterocycles. The maximum absolute atomic E-state index is 12.5. The quantitative estimate of drug-likeness (QED) is 0.0417. The average Bonchev–Trinajstić information content (AvgIpc) is 3.33. The van der Waals surface area contributed by atoms with Gasteiger partial charge in [-0.2, -0.15) is 0 Å². The summed E-state index contributed by atoms with van der Waals surface area (Å²) in [6, 6.07) is -0.540. The summed E-state index contributed by atoms with van der Waals surface area (Å²) in [6.07, 6.45) is 66.8. The Morgan fingerprint density at radius 3 is 0.910 bits per heavy atom. The lowest BCUT2D eigenvalue weighted by Gasteiger charge is -2.22. The van der Waals surface area contributed by atoms with E-state index in [9.17, 15) is 19.8 Å². The van der Waals surface area contributed by atoms with E-state index in [4.69, 9.17) is 4.74 Å². The Morgan fingerprint density at radius 1 is 0.358 bits per heavy atom. The number of unbranched alkanes of at least 4 members (excludes halogenated alkanes) is 47. The number of nitrogens with one attached hydrogen (secondary N) is 1. The molecular weight excluding hydrogens is 827 g/mol. The fourth-order valence-electron chi connectivity index (χ4n) is 9.94. The van der Waals surface area contributed by atoms with Crippen molar-refractivity contribution in [1.29, 1.82) is 0 Å². The van der Waals surface area contributed by atoms with Gasteiger partial charge in [0.1, 0.15) is 0 Å². The number of hydrogen-bond donors (Lipinski definition) is 3. The van der Waals surface area contributed by atoms with E-state index in [0.717, 1.165) is 38.5 Å². The first kappa shape index (κ1) is 65.9. The third-order valence-electron chi connectivity index (χ3n) is 14.7. The molecule has 1 amide bonds. The monoisotopic (exact) mass is 948 g/mol. The van der Waals surface area contributed by atoms with Crippen LogP contribution >= 0.6 is 0 Å². The number of hydrogen-bond acceptors (Lipinski definition) is 5. The maximum atomic E-state index is 12.5. The van der Waals surface area contributed by atoms with Gasteiger partial charge in [0.2, 0.25) is 5.91 Å². The Labute approximate surface area is 419 Å². The van der Waals surface area contributed by atoms with Crippen molar-refractivity contribution in [3.63, 3.8) is 0 Å². The zero-order valence-electron chi connectivity index (χ0n) is 45.7. The number of aliphatic hydroxyl groups is 2. The SMILES string of the molecule is CCCCCCCCCCCCCCCCCC(O)C(CO)NC(=O)CCCCCCCCCCCCCCCCCCCCCCCCOC(=O)CCCCCCCCCCCCCCC. The van der Waals surface area contributed by atoms with E-state index in [-0.39, 0.29) is 18.5 Å². The molecule has 0 radical (unpaired) electrons. The summed E-state index contributed by atoms with van der Waals surface area (Å²) in [5, 5.41) is 23.3. The Bertz CT molecular complexity index is 959. The summed E-state index contributed by atoms with van der Waals surface area (Å²) in [4.78, 5) is 24.5. The summed E-state index contributed by atoms with van der Waals surface area (Å²) in [7, 11) is 0. The van der Waals surface area contributed by atoms with Crippen molar-refractivity contribution in [2.45, 2.75) is 366 Å². The fourth-order valence-corrected chi connectivity index (χ4v) is 9.94. The lowest BCUT2D eigenvalue weighted by atomic mass is 10.0. The van der Waals surface area contributed by atoms with E-state index in [2.05, 4.69) is 19.2 Å². The van der Waals surface area contributed by atoms with Crippen LogP contribution in [-0.2, 0) is 14.3 Å². The second-order valence-corrected chi connectivity index (χ2v) is 21.4. The molecule has 6 nitrogen and oxygen atoms in total. The van der Waals surface area contributed by atoms with E-state index in [1.54, 1.807) is 0 Å². The molecule has 0 aromatic carbocycles. The van der Waals surface area contributed by atoms with Gasteiger partial charge in [-0.05, 0) is 25.7 Å². The predicted molar refractivity (Wildman–Crippen MR) is 292 cm³/mol. The molecule has 2 atom stereocenters. The highest BCUT2D eigenvalue weighted by atomic mass is 16.5. The second-order valence-electron chi connectivity index (χ2n) is 21.4. The molecule has 0 aliphatic rings. The van der Waals surface area contributed by atoms with Crippen LogP contribution in [0.25, 0.3) is 0 Å². The van der Waals surface area contributed by atoms with Gasteiger partial charge in [-0.25, -0.2) is 0 Å². The van der Waals surface area contributed by atoms with Crippen LogP contribution in [0.15, 0.2) is 0 Å². The minimum Gasteiger partial charge on any atom is -0.466 e. The lowest BCUT2D eigenvalue weighted by molar-refractivity contribution is -0.143. The molecule has 0 aliphatic heterocycles. The van der Waals surface area contributed by atoms with Gasteiger partial charge in [-0.15, -0.1) is 0 Å². The van der Waals surface area contributed by atoms with Gasteiger partial charge in [0.05, 0.1) is 25.4 Å². The first-order valence-corrected chi connectivity index (χ1v) is 30.8. The number of ether oxygens (including phenoxy) is 1. The number of amides is 1. The number of rotatable bonds is 58. The first-order chi connectivity index (χ1) is 33.0. The Kier molecular flexibility index (Phi) is 56.5. The minimum atomic E-state index is -0.663. The van der Waals surface area contributed by atoms with Crippen molar-refractivity contribution in [2.75, 3.05) is 13.2 Å². The van der Waals surface area contributed by atoms with Crippen molar-refractivity contribution in [1.82, 2.24) is 5.32 Å². The van der Waals surface area contributed by atoms with E-state index in [0.29, 0.717) is 25.9 Å². The molecule has 0 fully saturated rings. The van der Waals surface area contributed by atoms with Crippen LogP contribution < -0.4 is 5.32 Å². The zero-order valence-corrected chi connectivity index (χ0v) is 45.7. The smallest absolute Gasteiger partial charge is 0.305 e. The molecule has 3 N–H and O–H groups in total. The molecule has 0 rings (SSSR count). The second kappa shape index (κ2) is 57.4. The van der Waals surface area contributed by atoms with Crippen LogP contribution in [0.3, 0.4) is 0 Å². The van der Waals surface area contributed by atoms with Crippen LogP contribution in [0.2, 0.25) is 0 Å². The topological polar surface area (TPSA) is 95.9 Å². The highest BCUT2D eigenvalue weighted by molar-refractivity contribution is 5.76. The standard InChI is InChI=1S/C61H121NO5/c1-3-5-7-9-11-13-15-17-26-30-33-37-41-45-49-53-59(64)58(57-63)62-60(65)54-50-46-42-38-34-31-27-24-22-20-18-19-21-23-25-28-32-36-40-44-48-52-56-67-61(66)55-51-47-43-39-35-29-16-14-12-10-8-6-4-2/h58-59,63-64H,3-57H2,1-2H3,(H,62,65). The van der Waals surface area contributed by atoms with Gasteiger partial charge >= 0.3 is 5.97 Å². The normalized spacial score (nSPS) is 12.5. The molecule has 67 heavy (non-hydrogen) atoms. The summed E-state index contributed by atoms with van der Waals surface area (Å²) in [5.74, 6) is -0.0163. The van der Waals surface area contributed by atoms with Crippen molar-refractivity contribution in [3.8, 4) is 0 Å². The van der Waals surface area contributed by atoms with Crippen LogP contribution in [-0.4, -0.2) is 47.4 Å². The van der Waals surface area contributed by atoms with Gasteiger partial charge in [-0.1, -0.05) is 316 Å². The Hall–Kier alpha value is -1.14. The average molecular weight is 949 g/mol. The van der Waals surface area contributed by atoms with Crippen LogP contribution in [0.5, 0.6) is 0 Å². The molecule has 0 bridgehead atoms. The molecular formula is C61H121NO5. The number of aliphatic hydroxyl groups excluding tert-OH is 2. The molecule has 0 aromatic rings.